The Kier molecular flexibility index (Phi) is 3.61. The van der Waals surface area contributed by atoms with Gasteiger partial charge < -0.3 is 9.80 Å². The van der Waals surface area contributed by atoms with E-state index in [0.29, 0.717) is 0 Å². The molecule has 1 aromatic rings. The molecule has 0 aromatic heterocycles. The van der Waals surface area contributed by atoms with Gasteiger partial charge in [0.2, 0.25) is 0 Å². The van der Waals surface area contributed by atoms with E-state index < -0.39 is 0 Å². The van der Waals surface area contributed by atoms with Crippen molar-refractivity contribution >= 4 is 21.6 Å². The monoisotopic (exact) mass is 323 g/mol. The van der Waals surface area contributed by atoms with Crippen molar-refractivity contribution in [3.8, 4) is 0 Å². The summed E-state index contributed by atoms with van der Waals surface area (Å²) in [6.45, 7) is 4.43. The predicted octanol–water partition coefficient (Wildman–Crippen LogP) is 4.42. The molecule has 0 saturated heterocycles. The lowest BCUT2D eigenvalue weighted by atomic mass is 9.91. The van der Waals surface area contributed by atoms with Crippen LogP contribution in [-0.2, 0) is 6.54 Å². The average Bonchev–Trinajstić information content (AvgIpc) is 2.39. The molecule has 1 N–H and O–H groups in total. The van der Waals surface area contributed by atoms with Crippen LogP contribution in [0.4, 0.5) is 5.69 Å². The second-order valence-electron chi connectivity index (χ2n) is 6.55. The quantitative estimate of drug-likeness (QED) is 0.754. The molecule has 3 rings (SSSR count). The summed E-state index contributed by atoms with van der Waals surface area (Å²) in [5.74, 6) is 0. The van der Waals surface area contributed by atoms with Crippen LogP contribution < -0.4 is 5.32 Å². The molecule has 1 heterocycles. The van der Waals surface area contributed by atoms with Gasteiger partial charge in [-0.15, -0.1) is 0 Å². The van der Waals surface area contributed by atoms with Crippen molar-refractivity contribution in [1.82, 2.24) is 0 Å². The lowest BCUT2D eigenvalue weighted by Gasteiger charge is -2.46. The van der Waals surface area contributed by atoms with Crippen molar-refractivity contribution in [2.24, 2.45) is 0 Å². The lowest BCUT2D eigenvalue weighted by Crippen LogP contribution is -2.56. The van der Waals surface area contributed by atoms with E-state index in [9.17, 15) is 0 Å². The summed E-state index contributed by atoms with van der Waals surface area (Å²) in [6, 6.07) is 5.40. The SMILES string of the molecule is Cc1cc(Br)c2c(c1)C[N+](C)(C1CCCCC1)CN2. The number of hydrogen-bond donors (Lipinski definition) is 1. The van der Waals surface area contributed by atoms with Gasteiger partial charge in [0.15, 0.2) is 6.67 Å². The normalized spacial score (nSPS) is 27.7. The van der Waals surface area contributed by atoms with Gasteiger partial charge in [0.1, 0.15) is 6.54 Å². The second-order valence-corrected chi connectivity index (χ2v) is 7.40. The van der Waals surface area contributed by atoms with Crippen LogP contribution in [-0.4, -0.2) is 24.2 Å². The van der Waals surface area contributed by atoms with E-state index in [1.54, 1.807) is 0 Å². The minimum Gasteiger partial charge on any atom is -0.337 e. The number of quaternary nitrogens is 1. The van der Waals surface area contributed by atoms with Crippen molar-refractivity contribution in [1.29, 1.82) is 0 Å². The Morgan fingerprint density at radius 2 is 1.95 bits per heavy atom. The number of nitrogens with zero attached hydrogens (tertiary/aromatic N) is 1. The van der Waals surface area contributed by atoms with Gasteiger partial charge in [0.25, 0.3) is 0 Å². The molecule has 1 saturated carbocycles. The molecule has 2 nitrogen and oxygen atoms in total. The summed E-state index contributed by atoms with van der Waals surface area (Å²) in [4.78, 5) is 0. The molecule has 0 radical (unpaired) electrons. The van der Waals surface area contributed by atoms with E-state index in [1.165, 1.54) is 64.4 Å². The van der Waals surface area contributed by atoms with Crippen LogP contribution in [0.15, 0.2) is 16.6 Å². The van der Waals surface area contributed by atoms with Crippen LogP contribution in [0.3, 0.4) is 0 Å². The van der Waals surface area contributed by atoms with Gasteiger partial charge in [-0.05, 0) is 66.2 Å². The molecule has 3 heteroatoms. The number of anilines is 1. The number of halogens is 1. The third kappa shape index (κ3) is 2.55. The first kappa shape index (κ1) is 13.4. The third-order valence-electron chi connectivity index (χ3n) is 4.92. The number of benzene rings is 1. The Balaban J connectivity index is 1.88. The largest absolute Gasteiger partial charge is 0.337 e. The zero-order valence-electron chi connectivity index (χ0n) is 12.0. The van der Waals surface area contributed by atoms with E-state index in [0.717, 1.165) is 12.7 Å². The highest BCUT2D eigenvalue weighted by molar-refractivity contribution is 9.10. The third-order valence-corrected chi connectivity index (χ3v) is 5.55. The van der Waals surface area contributed by atoms with Gasteiger partial charge in [-0.25, -0.2) is 0 Å². The van der Waals surface area contributed by atoms with E-state index in [1.807, 2.05) is 0 Å². The Hall–Kier alpha value is -0.540. The van der Waals surface area contributed by atoms with Crippen molar-refractivity contribution in [2.75, 3.05) is 19.0 Å². The first-order valence-corrected chi connectivity index (χ1v) is 8.25. The van der Waals surface area contributed by atoms with Crippen LogP contribution in [0.25, 0.3) is 0 Å². The highest BCUT2D eigenvalue weighted by Gasteiger charge is 2.37. The molecule has 1 unspecified atom stereocenters. The van der Waals surface area contributed by atoms with Crippen molar-refractivity contribution in [3.05, 3.63) is 27.7 Å². The molecule has 1 atom stereocenters. The van der Waals surface area contributed by atoms with Crippen LogP contribution in [0.1, 0.15) is 43.2 Å². The molecule has 0 bridgehead atoms. The van der Waals surface area contributed by atoms with E-state index in [4.69, 9.17) is 0 Å². The average molecular weight is 324 g/mol. The fraction of sp³-hybridized carbons (Fsp3) is 0.625. The molecule has 2 aliphatic rings. The van der Waals surface area contributed by atoms with Crippen LogP contribution in [0.5, 0.6) is 0 Å². The Labute approximate surface area is 124 Å². The van der Waals surface area contributed by atoms with Gasteiger partial charge in [0, 0.05) is 10.0 Å². The highest BCUT2D eigenvalue weighted by Crippen LogP contribution is 2.37. The number of fused-ring (bicyclic) bond motifs is 1. The molecule has 19 heavy (non-hydrogen) atoms. The minimum atomic E-state index is 0.841. The topological polar surface area (TPSA) is 12.0 Å². The smallest absolute Gasteiger partial charge is 0.152 e. The molecule has 0 spiro atoms. The van der Waals surface area contributed by atoms with Gasteiger partial charge in [-0.2, -0.15) is 0 Å². The van der Waals surface area contributed by atoms with E-state index in [2.05, 4.69) is 47.4 Å². The minimum absolute atomic E-state index is 0.841. The van der Waals surface area contributed by atoms with Crippen LogP contribution in [0.2, 0.25) is 0 Å². The maximum atomic E-state index is 3.70. The van der Waals surface area contributed by atoms with Crippen molar-refractivity contribution in [2.45, 2.75) is 51.6 Å². The zero-order valence-corrected chi connectivity index (χ0v) is 13.6. The molecular weight excluding hydrogens is 300 g/mol. The van der Waals surface area contributed by atoms with Gasteiger partial charge in [0.05, 0.1) is 18.8 Å². The van der Waals surface area contributed by atoms with Crippen LogP contribution >= 0.6 is 15.9 Å². The van der Waals surface area contributed by atoms with Crippen molar-refractivity contribution < 1.29 is 4.48 Å². The number of nitrogens with one attached hydrogen (secondary N) is 1. The summed E-state index contributed by atoms with van der Waals surface area (Å²) >= 11 is 3.70. The Morgan fingerprint density at radius 1 is 1.21 bits per heavy atom. The maximum absolute atomic E-state index is 3.70. The number of hydrogen-bond acceptors (Lipinski definition) is 1. The Bertz CT molecular complexity index is 480. The summed E-state index contributed by atoms with van der Waals surface area (Å²) in [7, 11) is 2.43. The second kappa shape index (κ2) is 5.10. The zero-order chi connectivity index (χ0) is 13.5. The Morgan fingerprint density at radius 3 is 2.68 bits per heavy atom. The first-order valence-electron chi connectivity index (χ1n) is 7.46. The number of rotatable bonds is 1. The fourth-order valence-electron chi connectivity index (χ4n) is 3.80. The molecule has 0 amide bonds. The first-order chi connectivity index (χ1) is 9.08. The highest BCUT2D eigenvalue weighted by atomic mass is 79.9. The van der Waals surface area contributed by atoms with Gasteiger partial charge >= 0.3 is 0 Å². The fourth-order valence-corrected chi connectivity index (χ4v) is 4.56. The van der Waals surface area contributed by atoms with Gasteiger partial charge in [-0.1, -0.05) is 6.42 Å². The molecule has 1 aromatic carbocycles. The number of aryl methyl sites for hydroxylation is 1. The maximum Gasteiger partial charge on any atom is 0.152 e. The molecular formula is C16H24BrN2+. The summed E-state index contributed by atoms with van der Waals surface area (Å²) in [5.41, 5.74) is 4.15. The van der Waals surface area contributed by atoms with Gasteiger partial charge in [-0.3, -0.25) is 0 Å². The molecule has 104 valence electrons. The molecule has 1 aliphatic carbocycles. The van der Waals surface area contributed by atoms with E-state index in [-0.39, 0.29) is 0 Å². The summed E-state index contributed by atoms with van der Waals surface area (Å²) < 4.78 is 2.39. The molecule has 1 fully saturated rings. The van der Waals surface area contributed by atoms with E-state index >= 15 is 0 Å². The lowest BCUT2D eigenvalue weighted by molar-refractivity contribution is -0.945. The molecule has 1 aliphatic heterocycles. The summed E-state index contributed by atoms with van der Waals surface area (Å²) in [5, 5.41) is 3.67. The standard InChI is InChI=1S/C16H24BrN2/c1-12-8-13-10-19(2,14-6-4-3-5-7-14)11-18-16(13)15(17)9-12/h8-9,14,18H,3-7,10-11H2,1-2H3/q+1. The predicted molar refractivity (Wildman–Crippen MR) is 84.1 cm³/mol. The summed E-state index contributed by atoms with van der Waals surface area (Å²) in [6.07, 6.45) is 7.08. The van der Waals surface area contributed by atoms with Crippen molar-refractivity contribution in [3.63, 3.8) is 0 Å². The van der Waals surface area contributed by atoms with Crippen LogP contribution in [0, 0.1) is 6.92 Å².